The van der Waals surface area contributed by atoms with Gasteiger partial charge in [0.2, 0.25) is 0 Å². The topological polar surface area (TPSA) is 163 Å². The smallest absolute Gasteiger partial charge is 0.396 e. The van der Waals surface area contributed by atoms with Crippen molar-refractivity contribution in [3.63, 3.8) is 0 Å². The molecule has 0 aromatic carbocycles. The molecule has 0 rings (SSSR count). The van der Waals surface area contributed by atoms with E-state index in [2.05, 4.69) is 8.83 Å². The molecule has 0 aliphatic carbocycles. The maximum absolute atomic E-state index is 11.6. The summed E-state index contributed by atoms with van der Waals surface area (Å²) in [5, 5.41) is 19.5. The molecule has 0 bridgehead atoms. The fourth-order valence-electron chi connectivity index (χ4n) is 2.13. The second kappa shape index (κ2) is 11.8. The monoisotopic (exact) mass is 408 g/mol. The molecule has 0 aromatic rings. The molecule has 25 heavy (non-hydrogen) atoms. The van der Waals surface area contributed by atoms with Gasteiger partial charge in [-0.25, -0.2) is 9.13 Å². The summed E-state index contributed by atoms with van der Waals surface area (Å²) in [4.78, 5) is 26.6. The normalized spacial score (nSPS) is 16.6. The van der Waals surface area contributed by atoms with Gasteiger partial charge in [0, 0.05) is 6.61 Å². The average molecular weight is 408 g/mol. The highest BCUT2D eigenvalue weighted by molar-refractivity contribution is 7.60. The van der Waals surface area contributed by atoms with Crippen LogP contribution < -0.4 is 0 Å². The van der Waals surface area contributed by atoms with Crippen LogP contribution in [0.25, 0.3) is 0 Å². The van der Waals surface area contributed by atoms with Crippen LogP contribution in [-0.4, -0.2) is 57.4 Å². The minimum Gasteiger partial charge on any atom is -0.396 e. The largest absolute Gasteiger partial charge is 0.481 e. The van der Waals surface area contributed by atoms with E-state index in [1.807, 2.05) is 13.8 Å². The summed E-state index contributed by atoms with van der Waals surface area (Å²) in [5.74, 6) is 0. The van der Waals surface area contributed by atoms with Crippen LogP contribution in [0.4, 0.5) is 0 Å². The van der Waals surface area contributed by atoms with Crippen molar-refractivity contribution in [2.24, 2.45) is 5.41 Å². The number of aliphatic hydroxyl groups is 2. The highest BCUT2D eigenvalue weighted by Gasteiger charge is 2.42. The molecular weight excluding hydrogens is 378 g/mol. The Morgan fingerprint density at radius 2 is 1.56 bits per heavy atom. The molecular formula is C13H30O10P2. The van der Waals surface area contributed by atoms with Crippen molar-refractivity contribution in [1.29, 1.82) is 0 Å². The van der Waals surface area contributed by atoms with Gasteiger partial charge < -0.3 is 29.6 Å². The number of rotatable bonds is 15. The van der Waals surface area contributed by atoms with Gasteiger partial charge in [-0.2, -0.15) is 4.31 Å². The van der Waals surface area contributed by atoms with Gasteiger partial charge in [-0.05, 0) is 12.8 Å². The quantitative estimate of drug-likeness (QED) is 0.198. The van der Waals surface area contributed by atoms with Crippen LogP contribution in [0.3, 0.4) is 0 Å². The zero-order chi connectivity index (χ0) is 19.6. The van der Waals surface area contributed by atoms with E-state index in [4.69, 9.17) is 14.5 Å². The molecule has 5 N–H and O–H groups in total. The van der Waals surface area contributed by atoms with Crippen LogP contribution in [0, 0.1) is 5.41 Å². The molecule has 12 heteroatoms. The minimum absolute atomic E-state index is 0.377. The lowest BCUT2D eigenvalue weighted by Gasteiger charge is -2.37. The molecule has 2 unspecified atom stereocenters. The average Bonchev–Trinajstić information content (AvgIpc) is 2.50. The van der Waals surface area contributed by atoms with Crippen LogP contribution >= 0.6 is 15.6 Å². The van der Waals surface area contributed by atoms with E-state index in [1.165, 1.54) is 0 Å². The molecule has 0 aliphatic heterocycles. The van der Waals surface area contributed by atoms with Gasteiger partial charge in [0.15, 0.2) is 0 Å². The third kappa shape index (κ3) is 10.2. The van der Waals surface area contributed by atoms with E-state index >= 15 is 0 Å². The predicted molar refractivity (Wildman–Crippen MR) is 89.7 cm³/mol. The molecule has 0 amide bonds. The number of hydrogen-bond donors (Lipinski definition) is 5. The number of phosphoric ester groups is 1. The first-order chi connectivity index (χ1) is 11.6. The maximum Gasteiger partial charge on any atom is 0.481 e. The SMILES string of the molecule is CCCCOC(CCCC)C(CO)(CO)COP(=O)(O)OP(=O)(O)O. The maximum atomic E-state index is 11.6. The van der Waals surface area contributed by atoms with Crippen molar-refractivity contribution < 1.29 is 47.6 Å². The van der Waals surface area contributed by atoms with Gasteiger partial charge in [0.05, 0.1) is 31.3 Å². The van der Waals surface area contributed by atoms with Crippen LogP contribution in [0.5, 0.6) is 0 Å². The lowest BCUT2D eigenvalue weighted by molar-refractivity contribution is -0.115. The Bertz CT molecular complexity index is 448. The minimum atomic E-state index is -5.24. The summed E-state index contributed by atoms with van der Waals surface area (Å²) in [6.45, 7) is 2.41. The van der Waals surface area contributed by atoms with Crippen LogP contribution in [0.1, 0.15) is 46.0 Å². The van der Waals surface area contributed by atoms with E-state index in [1.54, 1.807) is 0 Å². The summed E-state index contributed by atoms with van der Waals surface area (Å²) in [5.41, 5.74) is -1.42. The van der Waals surface area contributed by atoms with Gasteiger partial charge in [0.25, 0.3) is 0 Å². The van der Waals surface area contributed by atoms with Gasteiger partial charge in [0.1, 0.15) is 0 Å². The first-order valence-electron chi connectivity index (χ1n) is 8.13. The molecule has 0 aliphatic rings. The second-order valence-corrected chi connectivity index (χ2v) is 8.68. The second-order valence-electron chi connectivity index (χ2n) is 5.85. The van der Waals surface area contributed by atoms with Crippen molar-refractivity contribution in [3.05, 3.63) is 0 Å². The lowest BCUT2D eigenvalue weighted by Crippen LogP contribution is -2.47. The number of aliphatic hydroxyl groups excluding tert-OH is 2. The van der Waals surface area contributed by atoms with Crippen LogP contribution in [0.15, 0.2) is 0 Å². The number of unbranched alkanes of at least 4 members (excludes halogenated alkanes) is 2. The first kappa shape index (κ1) is 25.1. The molecule has 2 atom stereocenters. The summed E-state index contributed by atoms with van der Waals surface area (Å²) in [6.07, 6.45) is 3.01. The molecule has 0 saturated heterocycles. The van der Waals surface area contributed by atoms with Crippen molar-refractivity contribution >= 4 is 15.6 Å². The molecule has 0 spiro atoms. The van der Waals surface area contributed by atoms with Gasteiger partial charge in [-0.1, -0.05) is 33.1 Å². The van der Waals surface area contributed by atoms with Crippen molar-refractivity contribution in [3.8, 4) is 0 Å². The Hall–Kier alpha value is 0.140. The molecule has 10 nitrogen and oxygen atoms in total. The van der Waals surface area contributed by atoms with E-state index in [0.717, 1.165) is 25.7 Å². The highest BCUT2D eigenvalue weighted by Crippen LogP contribution is 2.58. The summed E-state index contributed by atoms with van der Waals surface area (Å²) in [7, 11) is -10.3. The predicted octanol–water partition coefficient (Wildman–Crippen LogP) is 1.56. The summed E-state index contributed by atoms with van der Waals surface area (Å²) >= 11 is 0. The first-order valence-corrected chi connectivity index (χ1v) is 11.2. The number of ether oxygens (including phenoxy) is 1. The van der Waals surface area contributed by atoms with Crippen LogP contribution in [0.2, 0.25) is 0 Å². The van der Waals surface area contributed by atoms with Gasteiger partial charge >= 0.3 is 15.6 Å². The number of hydrogen-bond acceptors (Lipinski definition) is 7. The Morgan fingerprint density at radius 1 is 1.00 bits per heavy atom. The molecule has 0 saturated carbocycles. The zero-order valence-electron chi connectivity index (χ0n) is 14.6. The van der Waals surface area contributed by atoms with E-state index in [-0.39, 0.29) is 0 Å². The fraction of sp³-hybridized carbons (Fsp3) is 1.00. The van der Waals surface area contributed by atoms with E-state index < -0.39 is 47.0 Å². The van der Waals surface area contributed by atoms with Crippen LogP contribution in [-0.2, 0) is 22.7 Å². The summed E-state index contributed by atoms with van der Waals surface area (Å²) < 4.78 is 36.4. The van der Waals surface area contributed by atoms with E-state index in [9.17, 15) is 24.2 Å². The fourth-order valence-corrected chi connectivity index (χ4v) is 3.82. The Balaban J connectivity index is 5.17. The van der Waals surface area contributed by atoms with Crippen molar-refractivity contribution in [2.45, 2.75) is 52.1 Å². The summed E-state index contributed by atoms with van der Waals surface area (Å²) in [6, 6.07) is 0. The Labute approximate surface area is 148 Å². The van der Waals surface area contributed by atoms with Gasteiger partial charge in [-0.3, -0.25) is 4.52 Å². The third-order valence-electron chi connectivity index (χ3n) is 3.67. The standard InChI is InChI=1S/C13H30O10P2/c1-3-5-7-12(21-8-6-4-2)13(9-14,10-15)11-22-25(19,20)23-24(16,17)18/h12,14-15H,3-11H2,1-2H3,(H,19,20)(H2,16,17,18). The molecule has 0 heterocycles. The molecule has 0 radical (unpaired) electrons. The van der Waals surface area contributed by atoms with Crippen molar-refractivity contribution in [1.82, 2.24) is 0 Å². The molecule has 152 valence electrons. The zero-order valence-corrected chi connectivity index (χ0v) is 16.4. The van der Waals surface area contributed by atoms with Crippen molar-refractivity contribution in [2.75, 3.05) is 26.4 Å². The molecule has 0 fully saturated rings. The highest BCUT2D eigenvalue weighted by atomic mass is 31.3. The lowest BCUT2D eigenvalue weighted by atomic mass is 9.82. The number of phosphoric acid groups is 2. The Morgan fingerprint density at radius 3 is 2.00 bits per heavy atom. The van der Waals surface area contributed by atoms with Gasteiger partial charge in [-0.15, -0.1) is 0 Å². The third-order valence-corrected chi connectivity index (χ3v) is 5.81. The Kier molecular flexibility index (Phi) is 11.8. The molecule has 0 aromatic heterocycles. The van der Waals surface area contributed by atoms with E-state index in [0.29, 0.717) is 13.0 Å².